The largest absolute Gasteiger partial charge is 0.298 e. The first-order chi connectivity index (χ1) is 7.67. The average molecular weight is 224 g/mol. The summed E-state index contributed by atoms with van der Waals surface area (Å²) in [6.07, 6.45) is 0. The van der Waals surface area contributed by atoms with E-state index in [1.807, 2.05) is 4.90 Å². The summed E-state index contributed by atoms with van der Waals surface area (Å²) in [5.74, 6) is -1.13. The lowest BCUT2D eigenvalue weighted by molar-refractivity contribution is 0.142. The maximum atomic E-state index is 12.9. The molecule has 1 aliphatic heterocycles. The van der Waals surface area contributed by atoms with Crippen LogP contribution in [-0.4, -0.2) is 24.0 Å². The third-order valence-corrected chi connectivity index (χ3v) is 2.48. The van der Waals surface area contributed by atoms with E-state index in [0.29, 0.717) is 25.2 Å². The molecular weight excluding hydrogens is 214 g/mol. The van der Waals surface area contributed by atoms with Crippen LogP contribution >= 0.6 is 0 Å². The van der Waals surface area contributed by atoms with E-state index in [2.05, 4.69) is 10.0 Å². The van der Waals surface area contributed by atoms with Crippen LogP contribution in [0.15, 0.2) is 23.3 Å². The molecule has 84 valence electrons. The third kappa shape index (κ3) is 2.48. The standard InChI is InChI=1S/C10H10F2N4/c11-8-1-7(2-9(12)3-8)4-16-5-10(6-16)14-15-13/h1-3,10H,4-6H2. The molecule has 2 rings (SSSR count). The van der Waals surface area contributed by atoms with Crippen LogP contribution in [0.5, 0.6) is 0 Å². The fourth-order valence-electron chi connectivity index (χ4n) is 1.78. The van der Waals surface area contributed by atoms with Gasteiger partial charge in [0, 0.05) is 30.6 Å². The van der Waals surface area contributed by atoms with Crippen LogP contribution in [0.1, 0.15) is 5.56 Å². The lowest BCUT2D eigenvalue weighted by Gasteiger charge is -2.36. The second kappa shape index (κ2) is 4.47. The predicted octanol–water partition coefficient (Wildman–Crippen LogP) is 2.46. The normalized spacial score (nSPS) is 16.6. The van der Waals surface area contributed by atoms with Gasteiger partial charge in [-0.2, -0.15) is 0 Å². The van der Waals surface area contributed by atoms with Crippen molar-refractivity contribution in [3.8, 4) is 0 Å². The van der Waals surface area contributed by atoms with Crippen molar-refractivity contribution in [1.29, 1.82) is 0 Å². The van der Waals surface area contributed by atoms with E-state index >= 15 is 0 Å². The molecule has 0 bridgehead atoms. The SMILES string of the molecule is [N-]=[N+]=NC1CN(Cc2cc(F)cc(F)c2)C1. The summed E-state index contributed by atoms with van der Waals surface area (Å²) >= 11 is 0. The molecule has 0 N–H and O–H groups in total. The van der Waals surface area contributed by atoms with Gasteiger partial charge in [-0.15, -0.1) is 0 Å². The number of rotatable bonds is 3. The van der Waals surface area contributed by atoms with E-state index in [0.717, 1.165) is 6.07 Å². The summed E-state index contributed by atoms with van der Waals surface area (Å²) in [5, 5.41) is 3.55. The Balaban J connectivity index is 1.93. The van der Waals surface area contributed by atoms with Crippen molar-refractivity contribution in [2.24, 2.45) is 5.11 Å². The molecule has 0 radical (unpaired) electrons. The highest BCUT2D eigenvalue weighted by molar-refractivity contribution is 5.18. The van der Waals surface area contributed by atoms with Gasteiger partial charge in [-0.1, -0.05) is 5.11 Å². The summed E-state index contributed by atoms with van der Waals surface area (Å²) in [4.78, 5) is 4.67. The van der Waals surface area contributed by atoms with Gasteiger partial charge in [0.05, 0.1) is 6.04 Å². The second-order valence-corrected chi connectivity index (χ2v) is 3.83. The van der Waals surface area contributed by atoms with Crippen LogP contribution < -0.4 is 0 Å². The minimum atomic E-state index is -0.567. The van der Waals surface area contributed by atoms with E-state index in [1.54, 1.807) is 0 Å². The number of likely N-dealkylation sites (tertiary alicyclic amines) is 1. The monoisotopic (exact) mass is 224 g/mol. The molecule has 1 aromatic rings. The number of nitrogens with zero attached hydrogens (tertiary/aromatic N) is 4. The number of halogens is 2. The van der Waals surface area contributed by atoms with E-state index in [1.165, 1.54) is 12.1 Å². The van der Waals surface area contributed by atoms with E-state index in [-0.39, 0.29) is 6.04 Å². The molecule has 16 heavy (non-hydrogen) atoms. The molecule has 1 aliphatic rings. The molecule has 0 aliphatic carbocycles. The molecule has 4 nitrogen and oxygen atoms in total. The van der Waals surface area contributed by atoms with Gasteiger partial charge < -0.3 is 0 Å². The van der Waals surface area contributed by atoms with Crippen molar-refractivity contribution < 1.29 is 8.78 Å². The maximum Gasteiger partial charge on any atom is 0.126 e. The number of hydrogen-bond donors (Lipinski definition) is 0. The molecule has 6 heteroatoms. The Morgan fingerprint density at radius 3 is 2.50 bits per heavy atom. The first-order valence-electron chi connectivity index (χ1n) is 4.89. The second-order valence-electron chi connectivity index (χ2n) is 3.83. The van der Waals surface area contributed by atoms with Gasteiger partial charge in [-0.25, -0.2) is 8.78 Å². The molecule has 1 fully saturated rings. The van der Waals surface area contributed by atoms with Crippen LogP contribution in [0.3, 0.4) is 0 Å². The van der Waals surface area contributed by atoms with Crippen LogP contribution in [-0.2, 0) is 6.54 Å². The molecule has 0 unspecified atom stereocenters. The first kappa shape index (κ1) is 10.9. The van der Waals surface area contributed by atoms with Gasteiger partial charge in [-0.05, 0) is 23.2 Å². The van der Waals surface area contributed by atoms with E-state index < -0.39 is 11.6 Å². The van der Waals surface area contributed by atoms with Gasteiger partial charge in [0.1, 0.15) is 11.6 Å². The molecule has 1 heterocycles. The minimum absolute atomic E-state index is 0.0107. The van der Waals surface area contributed by atoms with Gasteiger partial charge >= 0.3 is 0 Å². The Morgan fingerprint density at radius 2 is 1.94 bits per heavy atom. The minimum Gasteiger partial charge on any atom is -0.298 e. The molecule has 1 saturated heterocycles. The summed E-state index contributed by atoms with van der Waals surface area (Å²) < 4.78 is 25.7. The Labute approximate surface area is 91.1 Å². The number of hydrogen-bond acceptors (Lipinski definition) is 2. The number of azide groups is 1. The highest BCUT2D eigenvalue weighted by Crippen LogP contribution is 2.17. The molecular formula is C10H10F2N4. The van der Waals surface area contributed by atoms with Crippen LogP contribution in [0.4, 0.5) is 8.78 Å². The van der Waals surface area contributed by atoms with Crippen molar-refractivity contribution in [3.05, 3.63) is 45.8 Å². The van der Waals surface area contributed by atoms with Gasteiger partial charge in [0.15, 0.2) is 0 Å². The van der Waals surface area contributed by atoms with Crippen LogP contribution in [0.2, 0.25) is 0 Å². The fraction of sp³-hybridized carbons (Fsp3) is 0.400. The Hall–Kier alpha value is -1.65. The Morgan fingerprint density at radius 1 is 1.31 bits per heavy atom. The maximum absolute atomic E-state index is 12.9. The van der Waals surface area contributed by atoms with Crippen molar-refractivity contribution in [1.82, 2.24) is 4.90 Å². The van der Waals surface area contributed by atoms with E-state index in [9.17, 15) is 8.78 Å². The smallest absolute Gasteiger partial charge is 0.126 e. The first-order valence-corrected chi connectivity index (χ1v) is 4.89. The molecule has 1 aromatic carbocycles. The van der Waals surface area contributed by atoms with Gasteiger partial charge in [-0.3, -0.25) is 4.90 Å². The summed E-state index contributed by atoms with van der Waals surface area (Å²) in [6, 6.07) is 3.46. The predicted molar refractivity (Wildman–Crippen MR) is 54.6 cm³/mol. The van der Waals surface area contributed by atoms with Crippen molar-refractivity contribution in [3.63, 3.8) is 0 Å². The van der Waals surface area contributed by atoms with Crippen LogP contribution in [0.25, 0.3) is 10.4 Å². The quantitative estimate of drug-likeness (QED) is 0.442. The van der Waals surface area contributed by atoms with Crippen LogP contribution in [0, 0.1) is 11.6 Å². The summed E-state index contributed by atoms with van der Waals surface area (Å²) in [7, 11) is 0. The molecule has 0 saturated carbocycles. The van der Waals surface area contributed by atoms with Gasteiger partial charge in [0.2, 0.25) is 0 Å². The summed E-state index contributed by atoms with van der Waals surface area (Å²) in [5.41, 5.74) is 8.79. The topological polar surface area (TPSA) is 52.0 Å². The summed E-state index contributed by atoms with van der Waals surface area (Å²) in [6.45, 7) is 1.76. The van der Waals surface area contributed by atoms with Crippen molar-refractivity contribution in [2.75, 3.05) is 13.1 Å². The van der Waals surface area contributed by atoms with Crippen molar-refractivity contribution >= 4 is 0 Å². The molecule has 0 aromatic heterocycles. The lowest BCUT2D eigenvalue weighted by atomic mass is 10.1. The fourth-order valence-corrected chi connectivity index (χ4v) is 1.78. The average Bonchev–Trinajstić information content (AvgIpc) is 2.13. The zero-order chi connectivity index (χ0) is 11.5. The zero-order valence-electron chi connectivity index (χ0n) is 8.48. The molecule has 0 atom stereocenters. The molecule has 0 amide bonds. The Bertz CT molecular complexity index is 416. The van der Waals surface area contributed by atoms with Crippen molar-refractivity contribution in [2.45, 2.75) is 12.6 Å². The number of benzene rings is 1. The molecule has 0 spiro atoms. The van der Waals surface area contributed by atoms with E-state index in [4.69, 9.17) is 5.53 Å². The zero-order valence-corrected chi connectivity index (χ0v) is 8.48. The lowest BCUT2D eigenvalue weighted by Crippen LogP contribution is -2.48. The third-order valence-electron chi connectivity index (χ3n) is 2.48. The highest BCUT2D eigenvalue weighted by atomic mass is 19.1. The Kier molecular flexibility index (Phi) is 3.03. The van der Waals surface area contributed by atoms with Gasteiger partial charge in [0.25, 0.3) is 0 Å². The highest BCUT2D eigenvalue weighted by Gasteiger charge is 2.25.